The fraction of sp³-hybridized carbons (Fsp3) is 0.231. The van der Waals surface area contributed by atoms with Crippen molar-refractivity contribution in [2.45, 2.75) is 65.2 Å². The predicted octanol–water partition coefficient (Wildman–Crippen LogP) is 11.4. The number of hydrogen-bond acceptors (Lipinski definition) is 8. The molecule has 60 heavy (non-hydrogen) atoms. The van der Waals surface area contributed by atoms with E-state index < -0.39 is 0 Å². The summed E-state index contributed by atoms with van der Waals surface area (Å²) in [7, 11) is 0. The van der Waals surface area contributed by atoms with Crippen LogP contribution in [0.3, 0.4) is 0 Å². The van der Waals surface area contributed by atoms with Crippen LogP contribution in [0, 0.1) is 23.7 Å². The van der Waals surface area contributed by atoms with Gasteiger partial charge >= 0.3 is 0 Å². The van der Waals surface area contributed by atoms with E-state index in [1.807, 2.05) is 109 Å². The van der Waals surface area contributed by atoms with E-state index in [9.17, 15) is 0 Å². The molecule has 0 saturated carbocycles. The van der Waals surface area contributed by atoms with Crippen LogP contribution in [-0.2, 0) is 0 Å². The van der Waals surface area contributed by atoms with Crippen molar-refractivity contribution in [3.8, 4) is 80.7 Å². The molecule has 0 amide bonds. The normalized spacial score (nSPS) is 10.6. The first-order valence-corrected chi connectivity index (χ1v) is 20.8. The lowest BCUT2D eigenvalue weighted by Crippen LogP contribution is -2.03. The molecule has 8 heteroatoms. The van der Waals surface area contributed by atoms with Gasteiger partial charge in [-0.3, -0.25) is 19.9 Å². The van der Waals surface area contributed by atoms with Gasteiger partial charge in [0.05, 0.1) is 69.9 Å². The summed E-state index contributed by atoms with van der Waals surface area (Å²) >= 11 is 0. The molecule has 1 aromatic carbocycles. The van der Waals surface area contributed by atoms with Crippen molar-refractivity contribution in [3.63, 3.8) is 0 Å². The Morgan fingerprint density at radius 3 is 1.03 bits per heavy atom. The Balaban J connectivity index is 1.32. The largest absolute Gasteiger partial charge is 0.492 e. The highest BCUT2D eigenvalue weighted by molar-refractivity contribution is 5.68. The molecule has 0 saturated heterocycles. The van der Waals surface area contributed by atoms with Gasteiger partial charge in [-0.05, 0) is 85.6 Å². The Labute approximate surface area is 353 Å². The van der Waals surface area contributed by atoms with Crippen LogP contribution in [0.15, 0.2) is 134 Å². The zero-order valence-corrected chi connectivity index (χ0v) is 34.3. The molecule has 0 radical (unpaired) electrons. The first-order chi connectivity index (χ1) is 29.7. The highest BCUT2D eigenvalue weighted by Gasteiger charge is 2.14. The first-order valence-electron chi connectivity index (χ1n) is 20.8. The van der Waals surface area contributed by atoms with Crippen molar-refractivity contribution < 1.29 is 9.47 Å². The Morgan fingerprint density at radius 1 is 0.383 bits per heavy atom. The first kappa shape index (κ1) is 41.0. The average Bonchev–Trinajstić information content (AvgIpc) is 3.31. The van der Waals surface area contributed by atoms with Crippen LogP contribution < -0.4 is 9.47 Å². The van der Waals surface area contributed by atoms with Crippen molar-refractivity contribution in [2.24, 2.45) is 0 Å². The van der Waals surface area contributed by atoms with Crippen molar-refractivity contribution >= 4 is 0 Å². The van der Waals surface area contributed by atoms with Gasteiger partial charge in [0.15, 0.2) is 0 Å². The smallest absolute Gasteiger partial charge is 0.136 e. The van der Waals surface area contributed by atoms with Gasteiger partial charge in [-0.2, -0.15) is 0 Å². The number of hydrogen-bond donors (Lipinski definition) is 0. The maximum Gasteiger partial charge on any atom is 0.136 e. The van der Waals surface area contributed by atoms with Gasteiger partial charge in [0.25, 0.3) is 0 Å². The van der Waals surface area contributed by atoms with Crippen LogP contribution in [0.2, 0.25) is 0 Å². The zero-order valence-electron chi connectivity index (χ0n) is 34.3. The minimum Gasteiger partial charge on any atom is -0.492 e. The molecule has 7 rings (SSSR count). The summed E-state index contributed by atoms with van der Waals surface area (Å²) in [6.07, 6.45) is 15.7. The second-order valence-corrected chi connectivity index (χ2v) is 14.3. The fourth-order valence-corrected chi connectivity index (χ4v) is 6.48. The average molecular weight is 789 g/mol. The van der Waals surface area contributed by atoms with Crippen molar-refractivity contribution in [2.75, 3.05) is 13.2 Å². The minimum atomic E-state index is 0.562. The summed E-state index contributed by atoms with van der Waals surface area (Å²) in [5, 5.41) is 0. The Hall–Kier alpha value is -7.16. The predicted molar refractivity (Wildman–Crippen MR) is 239 cm³/mol. The number of rotatable bonds is 16. The van der Waals surface area contributed by atoms with E-state index in [1.165, 1.54) is 0 Å². The molecule has 0 aliphatic carbocycles. The van der Waals surface area contributed by atoms with Gasteiger partial charge in [-0.1, -0.05) is 100 Å². The standard InChI is InChI=1S/C52H48N6O2/c1-3-5-7-17-31-59-51-37-42(26-24-40-35-49(45-21-11-15-29-55-45)58-50(36-40)46-22-12-16-30-56-46)52(60-32-18-8-6-4-2)38-41(51)25-23-39-33-47(43-19-9-13-27-53-43)57-48(34-39)44-20-10-14-28-54-44/h9-16,19-22,27-30,33-38H,3-8,17-18,31-32H2,1-2H3. The quantitative estimate of drug-likeness (QED) is 0.0705. The van der Waals surface area contributed by atoms with Gasteiger partial charge < -0.3 is 9.47 Å². The molecule has 0 spiro atoms. The highest BCUT2D eigenvalue weighted by Crippen LogP contribution is 2.30. The van der Waals surface area contributed by atoms with E-state index in [0.29, 0.717) is 58.6 Å². The van der Waals surface area contributed by atoms with Crippen LogP contribution in [0.1, 0.15) is 87.5 Å². The second kappa shape index (κ2) is 21.6. The molecule has 0 N–H and O–H groups in total. The molecule has 6 heterocycles. The molecule has 298 valence electrons. The lowest BCUT2D eigenvalue weighted by molar-refractivity contribution is 0.295. The molecule has 0 bridgehead atoms. The highest BCUT2D eigenvalue weighted by atomic mass is 16.5. The Morgan fingerprint density at radius 2 is 0.733 bits per heavy atom. The third-order valence-corrected chi connectivity index (χ3v) is 9.64. The molecule has 0 atom stereocenters. The molecular formula is C52H48N6O2. The van der Waals surface area contributed by atoms with E-state index in [4.69, 9.17) is 19.4 Å². The van der Waals surface area contributed by atoms with E-state index in [-0.39, 0.29) is 0 Å². The maximum atomic E-state index is 6.53. The zero-order chi connectivity index (χ0) is 41.2. The van der Waals surface area contributed by atoms with Crippen molar-refractivity contribution in [1.82, 2.24) is 29.9 Å². The SMILES string of the molecule is CCCCCCOc1cc(C#Cc2cc(-c3ccccn3)nc(-c3ccccn3)c2)c(OCCCCCC)cc1C#Cc1cc(-c2ccccn2)nc(-c2ccccn2)c1. The summed E-state index contributed by atoms with van der Waals surface area (Å²) in [6.45, 7) is 5.54. The number of nitrogens with zero attached hydrogens (tertiary/aromatic N) is 6. The van der Waals surface area contributed by atoms with E-state index in [2.05, 4.69) is 57.5 Å². The van der Waals surface area contributed by atoms with Gasteiger partial charge in [0, 0.05) is 48.0 Å². The number of ether oxygens (including phenoxy) is 2. The van der Waals surface area contributed by atoms with Crippen LogP contribution in [-0.4, -0.2) is 43.1 Å². The number of aromatic nitrogens is 6. The molecule has 0 aliphatic rings. The molecule has 0 unspecified atom stereocenters. The van der Waals surface area contributed by atoms with Crippen LogP contribution >= 0.6 is 0 Å². The monoisotopic (exact) mass is 788 g/mol. The van der Waals surface area contributed by atoms with Crippen LogP contribution in [0.4, 0.5) is 0 Å². The van der Waals surface area contributed by atoms with Gasteiger partial charge in [-0.15, -0.1) is 0 Å². The summed E-state index contributed by atoms with van der Waals surface area (Å²) in [6, 6.07) is 35.0. The number of unbranched alkanes of at least 4 members (excludes halogenated alkanes) is 6. The Bertz CT molecular complexity index is 2280. The van der Waals surface area contributed by atoms with Crippen molar-refractivity contribution in [1.29, 1.82) is 0 Å². The maximum absolute atomic E-state index is 6.53. The topological polar surface area (TPSA) is 95.8 Å². The summed E-state index contributed by atoms with van der Waals surface area (Å²) in [4.78, 5) is 28.1. The summed E-state index contributed by atoms with van der Waals surface area (Å²) < 4.78 is 13.1. The van der Waals surface area contributed by atoms with Gasteiger partial charge in [-0.25, -0.2) is 9.97 Å². The summed E-state index contributed by atoms with van der Waals surface area (Å²) in [5.74, 6) is 15.1. The Kier molecular flexibility index (Phi) is 14.7. The lowest BCUT2D eigenvalue weighted by Gasteiger charge is -2.14. The third kappa shape index (κ3) is 11.5. The second-order valence-electron chi connectivity index (χ2n) is 14.3. The van der Waals surface area contributed by atoms with Crippen LogP contribution in [0.25, 0.3) is 45.6 Å². The van der Waals surface area contributed by atoms with E-state index in [0.717, 1.165) is 85.3 Å². The molecular weight excluding hydrogens is 741 g/mol. The molecule has 7 aromatic rings. The number of pyridine rings is 6. The minimum absolute atomic E-state index is 0.562. The van der Waals surface area contributed by atoms with Gasteiger partial charge in [0.1, 0.15) is 11.5 Å². The third-order valence-electron chi connectivity index (χ3n) is 9.64. The molecule has 8 nitrogen and oxygen atoms in total. The van der Waals surface area contributed by atoms with E-state index in [1.54, 1.807) is 24.8 Å². The number of benzene rings is 1. The van der Waals surface area contributed by atoms with Gasteiger partial charge in [0.2, 0.25) is 0 Å². The van der Waals surface area contributed by atoms with E-state index >= 15 is 0 Å². The van der Waals surface area contributed by atoms with Crippen LogP contribution in [0.5, 0.6) is 11.5 Å². The summed E-state index contributed by atoms with van der Waals surface area (Å²) in [5.41, 5.74) is 8.85. The molecule has 0 aliphatic heterocycles. The molecule has 6 aromatic heterocycles. The van der Waals surface area contributed by atoms with Crippen molar-refractivity contribution in [3.05, 3.63) is 156 Å². The fourth-order valence-electron chi connectivity index (χ4n) is 6.48. The lowest BCUT2D eigenvalue weighted by atomic mass is 10.1. The molecule has 0 fully saturated rings.